The summed E-state index contributed by atoms with van der Waals surface area (Å²) < 4.78 is 11.6. The topological polar surface area (TPSA) is 47.6 Å². The smallest absolute Gasteiger partial charge is 0.251 e. The van der Waals surface area contributed by atoms with Gasteiger partial charge >= 0.3 is 0 Å². The third-order valence-corrected chi connectivity index (χ3v) is 4.01. The number of carbonyl (C=O) groups excluding carboxylic acids is 1. The van der Waals surface area contributed by atoms with Crippen LogP contribution in [0.2, 0.25) is 0 Å². The standard InChI is InChI=1S/C22H29NO3/c1-5-25-21-10-9-18(22(24)23-12-11-16(2)3)14-19(21)15-26-20-8-6-7-17(4)13-20/h6-10,13-14,16H,5,11-12,15H2,1-4H3,(H,23,24). The molecule has 140 valence electrons. The van der Waals surface area contributed by atoms with Gasteiger partial charge in [-0.05, 0) is 62.1 Å². The van der Waals surface area contributed by atoms with Gasteiger partial charge in [0.05, 0.1) is 6.61 Å². The summed E-state index contributed by atoms with van der Waals surface area (Å²) >= 11 is 0. The minimum Gasteiger partial charge on any atom is -0.493 e. The molecule has 0 fully saturated rings. The lowest BCUT2D eigenvalue weighted by Crippen LogP contribution is -2.25. The first-order valence-electron chi connectivity index (χ1n) is 9.23. The molecule has 2 rings (SSSR count). The molecule has 0 unspecified atom stereocenters. The Balaban J connectivity index is 2.10. The molecule has 0 radical (unpaired) electrons. The maximum atomic E-state index is 12.4. The number of rotatable bonds is 9. The Morgan fingerprint density at radius 2 is 1.92 bits per heavy atom. The first-order valence-corrected chi connectivity index (χ1v) is 9.23. The largest absolute Gasteiger partial charge is 0.493 e. The van der Waals surface area contributed by atoms with Crippen molar-refractivity contribution in [3.8, 4) is 11.5 Å². The highest BCUT2D eigenvalue weighted by molar-refractivity contribution is 5.94. The Hall–Kier alpha value is -2.49. The quantitative estimate of drug-likeness (QED) is 0.706. The van der Waals surface area contributed by atoms with Crippen LogP contribution in [0.25, 0.3) is 0 Å². The molecule has 0 spiro atoms. The van der Waals surface area contributed by atoms with Crippen LogP contribution in [0.3, 0.4) is 0 Å². The molecule has 0 bridgehead atoms. The summed E-state index contributed by atoms with van der Waals surface area (Å²) in [6.45, 7) is 9.86. The van der Waals surface area contributed by atoms with Crippen LogP contribution in [0.15, 0.2) is 42.5 Å². The Labute approximate surface area is 156 Å². The van der Waals surface area contributed by atoms with Crippen LogP contribution in [0.1, 0.15) is 48.7 Å². The van der Waals surface area contributed by atoms with E-state index in [9.17, 15) is 4.79 Å². The van der Waals surface area contributed by atoms with Gasteiger partial charge in [-0.15, -0.1) is 0 Å². The van der Waals surface area contributed by atoms with Gasteiger partial charge in [0.1, 0.15) is 18.1 Å². The predicted molar refractivity (Wildman–Crippen MR) is 105 cm³/mol. The van der Waals surface area contributed by atoms with E-state index >= 15 is 0 Å². The Morgan fingerprint density at radius 3 is 2.62 bits per heavy atom. The van der Waals surface area contributed by atoms with E-state index in [1.54, 1.807) is 6.07 Å². The molecule has 0 aliphatic heterocycles. The molecule has 0 aliphatic rings. The lowest BCUT2D eigenvalue weighted by atomic mass is 10.1. The van der Waals surface area contributed by atoms with Gasteiger partial charge in [0.2, 0.25) is 0 Å². The van der Waals surface area contributed by atoms with Crippen molar-refractivity contribution in [3.63, 3.8) is 0 Å². The van der Waals surface area contributed by atoms with E-state index in [1.807, 2.05) is 50.2 Å². The molecule has 2 aromatic carbocycles. The van der Waals surface area contributed by atoms with Crippen LogP contribution in [0, 0.1) is 12.8 Å². The number of nitrogens with one attached hydrogen (secondary N) is 1. The molecule has 0 saturated carbocycles. The van der Waals surface area contributed by atoms with Crippen molar-refractivity contribution in [2.75, 3.05) is 13.2 Å². The van der Waals surface area contributed by atoms with Crippen LogP contribution in [-0.4, -0.2) is 19.1 Å². The molecule has 1 amide bonds. The minimum atomic E-state index is -0.0643. The highest BCUT2D eigenvalue weighted by Crippen LogP contribution is 2.23. The molecule has 4 nitrogen and oxygen atoms in total. The molecule has 0 atom stereocenters. The monoisotopic (exact) mass is 355 g/mol. The molecule has 4 heteroatoms. The number of ether oxygens (including phenoxy) is 2. The number of amides is 1. The summed E-state index contributed by atoms with van der Waals surface area (Å²) in [6.07, 6.45) is 0.964. The number of hydrogen-bond acceptors (Lipinski definition) is 3. The minimum absolute atomic E-state index is 0.0643. The summed E-state index contributed by atoms with van der Waals surface area (Å²) in [5.41, 5.74) is 2.63. The molecule has 0 aliphatic carbocycles. The van der Waals surface area contributed by atoms with Crippen molar-refractivity contribution < 1.29 is 14.3 Å². The van der Waals surface area contributed by atoms with E-state index in [4.69, 9.17) is 9.47 Å². The molecule has 26 heavy (non-hydrogen) atoms. The number of hydrogen-bond donors (Lipinski definition) is 1. The molecule has 2 aromatic rings. The molecule has 0 heterocycles. The Morgan fingerprint density at radius 1 is 1.12 bits per heavy atom. The Bertz CT molecular complexity index is 725. The highest BCUT2D eigenvalue weighted by Gasteiger charge is 2.11. The predicted octanol–water partition coefficient (Wildman–Crippen LogP) is 4.75. The maximum Gasteiger partial charge on any atom is 0.251 e. The average molecular weight is 355 g/mol. The first kappa shape index (κ1) is 19.8. The van der Waals surface area contributed by atoms with Gasteiger partial charge in [0.25, 0.3) is 5.91 Å². The van der Waals surface area contributed by atoms with Gasteiger partial charge < -0.3 is 14.8 Å². The first-order chi connectivity index (χ1) is 12.5. The van der Waals surface area contributed by atoms with Crippen LogP contribution >= 0.6 is 0 Å². The summed E-state index contributed by atoms with van der Waals surface area (Å²) in [6, 6.07) is 13.4. The van der Waals surface area contributed by atoms with Crippen LogP contribution in [0.4, 0.5) is 0 Å². The second kappa shape index (κ2) is 9.85. The van der Waals surface area contributed by atoms with Gasteiger partial charge in [-0.3, -0.25) is 4.79 Å². The number of aryl methyl sites for hydroxylation is 1. The second-order valence-corrected chi connectivity index (χ2v) is 6.80. The van der Waals surface area contributed by atoms with E-state index < -0.39 is 0 Å². The normalized spacial score (nSPS) is 10.7. The van der Waals surface area contributed by atoms with Gasteiger partial charge in [-0.2, -0.15) is 0 Å². The Kier molecular flexibility index (Phi) is 7.52. The third kappa shape index (κ3) is 6.10. The average Bonchev–Trinajstić information content (AvgIpc) is 2.60. The number of benzene rings is 2. The fourth-order valence-corrected chi connectivity index (χ4v) is 2.57. The molecular formula is C22H29NO3. The van der Waals surface area contributed by atoms with Crippen LogP contribution in [-0.2, 0) is 6.61 Å². The van der Waals surface area contributed by atoms with E-state index in [-0.39, 0.29) is 5.91 Å². The molecule has 0 aromatic heterocycles. The second-order valence-electron chi connectivity index (χ2n) is 6.80. The third-order valence-electron chi connectivity index (χ3n) is 4.01. The zero-order chi connectivity index (χ0) is 18.9. The van der Waals surface area contributed by atoms with Crippen molar-refractivity contribution in [2.24, 2.45) is 5.92 Å². The summed E-state index contributed by atoms with van der Waals surface area (Å²) in [7, 11) is 0. The molecular weight excluding hydrogens is 326 g/mol. The van der Waals surface area contributed by atoms with Gasteiger partial charge in [0.15, 0.2) is 0 Å². The van der Waals surface area contributed by atoms with Gasteiger partial charge in [-0.25, -0.2) is 0 Å². The number of carbonyl (C=O) groups is 1. The van der Waals surface area contributed by atoms with Crippen molar-refractivity contribution in [1.29, 1.82) is 0 Å². The van der Waals surface area contributed by atoms with Crippen LogP contribution in [0.5, 0.6) is 11.5 Å². The SMILES string of the molecule is CCOc1ccc(C(=O)NCCC(C)C)cc1COc1cccc(C)c1. The fourth-order valence-electron chi connectivity index (χ4n) is 2.57. The van der Waals surface area contributed by atoms with E-state index in [0.717, 1.165) is 29.0 Å². The zero-order valence-electron chi connectivity index (χ0n) is 16.2. The van der Waals surface area contributed by atoms with Crippen molar-refractivity contribution >= 4 is 5.91 Å². The van der Waals surface area contributed by atoms with E-state index in [2.05, 4.69) is 19.2 Å². The van der Waals surface area contributed by atoms with Gasteiger partial charge in [0, 0.05) is 17.7 Å². The summed E-state index contributed by atoms with van der Waals surface area (Å²) in [4.78, 5) is 12.4. The zero-order valence-corrected chi connectivity index (χ0v) is 16.2. The van der Waals surface area contributed by atoms with E-state index in [1.165, 1.54) is 0 Å². The molecule has 0 saturated heterocycles. The fraction of sp³-hybridized carbons (Fsp3) is 0.409. The van der Waals surface area contributed by atoms with Crippen molar-refractivity contribution in [2.45, 2.75) is 40.7 Å². The van der Waals surface area contributed by atoms with Crippen molar-refractivity contribution in [1.82, 2.24) is 5.32 Å². The van der Waals surface area contributed by atoms with Gasteiger partial charge in [-0.1, -0.05) is 26.0 Å². The summed E-state index contributed by atoms with van der Waals surface area (Å²) in [5, 5.41) is 2.97. The maximum absolute atomic E-state index is 12.4. The summed E-state index contributed by atoms with van der Waals surface area (Å²) in [5.74, 6) is 2.05. The lowest BCUT2D eigenvalue weighted by Gasteiger charge is -2.14. The van der Waals surface area contributed by atoms with Crippen molar-refractivity contribution in [3.05, 3.63) is 59.2 Å². The highest BCUT2D eigenvalue weighted by atomic mass is 16.5. The van der Waals surface area contributed by atoms with E-state index in [0.29, 0.717) is 31.2 Å². The lowest BCUT2D eigenvalue weighted by molar-refractivity contribution is 0.0952. The molecule has 1 N–H and O–H groups in total. The van der Waals surface area contributed by atoms with Crippen LogP contribution < -0.4 is 14.8 Å².